The quantitative estimate of drug-likeness (QED) is 0.307. The van der Waals surface area contributed by atoms with Crippen molar-refractivity contribution in [2.24, 2.45) is 10.9 Å². The maximum atomic E-state index is 9.17. The molecular formula is C19H40N4O. The molecule has 0 aliphatic carbocycles. The Hall–Kier alpha value is -0.810. The van der Waals surface area contributed by atoms with Crippen LogP contribution in [-0.2, 0) is 0 Å². The van der Waals surface area contributed by atoms with Crippen molar-refractivity contribution in [1.82, 2.24) is 15.5 Å². The zero-order valence-electron chi connectivity index (χ0n) is 16.2. The average molecular weight is 341 g/mol. The molecule has 1 fully saturated rings. The lowest BCUT2D eigenvalue weighted by atomic mass is 10.0. The fourth-order valence-corrected chi connectivity index (χ4v) is 3.46. The summed E-state index contributed by atoms with van der Waals surface area (Å²) in [6.07, 6.45) is 8.38. The maximum absolute atomic E-state index is 9.17. The van der Waals surface area contributed by atoms with E-state index in [1.165, 1.54) is 32.4 Å². The zero-order valence-corrected chi connectivity index (χ0v) is 16.2. The molecule has 0 spiro atoms. The number of hydrogen-bond donors (Lipinski definition) is 3. The highest BCUT2D eigenvalue weighted by molar-refractivity contribution is 5.79. The van der Waals surface area contributed by atoms with Crippen molar-refractivity contribution < 1.29 is 5.11 Å². The predicted octanol–water partition coefficient (Wildman–Crippen LogP) is 2.60. The standard InChI is InChI=1S/C19H40N4O/c1-4-9-18(11-15-24)16-22-19(20-5-2)21-12-8-14-23-13-7-6-10-17(23)3/h17-18,24H,4-16H2,1-3H3,(H2,20,21,22). The summed E-state index contributed by atoms with van der Waals surface area (Å²) in [5.41, 5.74) is 0. The summed E-state index contributed by atoms with van der Waals surface area (Å²) >= 11 is 0. The van der Waals surface area contributed by atoms with Crippen LogP contribution in [0.15, 0.2) is 4.99 Å². The van der Waals surface area contributed by atoms with Crippen molar-refractivity contribution in [3.05, 3.63) is 0 Å². The van der Waals surface area contributed by atoms with Crippen LogP contribution in [0.3, 0.4) is 0 Å². The van der Waals surface area contributed by atoms with Crippen molar-refractivity contribution in [1.29, 1.82) is 0 Å². The molecule has 5 heteroatoms. The van der Waals surface area contributed by atoms with E-state index in [1.807, 2.05) is 0 Å². The molecule has 0 amide bonds. The first-order valence-corrected chi connectivity index (χ1v) is 10.1. The number of guanidine groups is 1. The summed E-state index contributed by atoms with van der Waals surface area (Å²) in [5, 5.41) is 16.0. The summed E-state index contributed by atoms with van der Waals surface area (Å²) in [4.78, 5) is 7.34. The van der Waals surface area contributed by atoms with Crippen LogP contribution in [0.5, 0.6) is 0 Å². The Morgan fingerprint density at radius 1 is 1.25 bits per heavy atom. The Labute approximate surface area is 149 Å². The van der Waals surface area contributed by atoms with E-state index in [9.17, 15) is 0 Å². The van der Waals surface area contributed by atoms with Gasteiger partial charge in [-0.1, -0.05) is 19.8 Å². The second-order valence-corrected chi connectivity index (χ2v) is 7.05. The van der Waals surface area contributed by atoms with E-state index < -0.39 is 0 Å². The minimum atomic E-state index is 0.262. The topological polar surface area (TPSA) is 59.9 Å². The van der Waals surface area contributed by atoms with Gasteiger partial charge in [0.1, 0.15) is 0 Å². The van der Waals surface area contributed by atoms with Crippen LogP contribution < -0.4 is 10.6 Å². The Morgan fingerprint density at radius 2 is 2.08 bits per heavy atom. The van der Waals surface area contributed by atoms with Crippen molar-refractivity contribution in [3.63, 3.8) is 0 Å². The highest BCUT2D eigenvalue weighted by atomic mass is 16.3. The smallest absolute Gasteiger partial charge is 0.191 e. The Kier molecular flexibility index (Phi) is 11.9. The van der Waals surface area contributed by atoms with Gasteiger partial charge in [-0.15, -0.1) is 0 Å². The summed E-state index contributed by atoms with van der Waals surface area (Å²) in [7, 11) is 0. The minimum Gasteiger partial charge on any atom is -0.396 e. The van der Waals surface area contributed by atoms with Gasteiger partial charge in [-0.05, 0) is 58.4 Å². The number of nitrogens with zero attached hydrogens (tertiary/aromatic N) is 2. The second-order valence-electron chi connectivity index (χ2n) is 7.05. The van der Waals surface area contributed by atoms with E-state index >= 15 is 0 Å². The molecule has 2 atom stereocenters. The Balaban J connectivity index is 2.31. The lowest BCUT2D eigenvalue weighted by molar-refractivity contribution is 0.159. The lowest BCUT2D eigenvalue weighted by Crippen LogP contribution is -2.41. The summed E-state index contributed by atoms with van der Waals surface area (Å²) in [6.45, 7) is 12.0. The SMILES string of the molecule is CCCC(CCO)CN=C(NCC)NCCCN1CCCCC1C. The largest absolute Gasteiger partial charge is 0.396 e. The molecule has 1 aliphatic rings. The zero-order chi connectivity index (χ0) is 17.6. The molecule has 1 rings (SSSR count). The third-order valence-corrected chi connectivity index (χ3v) is 4.94. The molecule has 1 aliphatic heterocycles. The normalized spacial score (nSPS) is 20.8. The van der Waals surface area contributed by atoms with E-state index in [1.54, 1.807) is 0 Å². The van der Waals surface area contributed by atoms with Gasteiger partial charge in [0.25, 0.3) is 0 Å². The van der Waals surface area contributed by atoms with E-state index in [2.05, 4.69) is 36.3 Å². The van der Waals surface area contributed by atoms with Gasteiger partial charge in [0.2, 0.25) is 0 Å². The molecule has 1 saturated heterocycles. The summed E-state index contributed by atoms with van der Waals surface area (Å²) in [6, 6.07) is 0.744. The second kappa shape index (κ2) is 13.5. The number of hydrogen-bond acceptors (Lipinski definition) is 3. The Bertz CT molecular complexity index is 329. The first kappa shape index (κ1) is 21.2. The molecule has 0 aromatic rings. The van der Waals surface area contributed by atoms with Crippen LogP contribution in [0.25, 0.3) is 0 Å². The number of likely N-dealkylation sites (tertiary alicyclic amines) is 1. The highest BCUT2D eigenvalue weighted by Gasteiger charge is 2.17. The van der Waals surface area contributed by atoms with Crippen LogP contribution in [0.4, 0.5) is 0 Å². The van der Waals surface area contributed by atoms with Gasteiger partial charge in [-0.2, -0.15) is 0 Å². The van der Waals surface area contributed by atoms with Gasteiger partial charge in [0.05, 0.1) is 0 Å². The van der Waals surface area contributed by atoms with E-state index in [0.717, 1.165) is 57.3 Å². The third kappa shape index (κ3) is 8.88. The van der Waals surface area contributed by atoms with Gasteiger partial charge in [0, 0.05) is 38.8 Å². The third-order valence-electron chi connectivity index (χ3n) is 4.94. The molecule has 2 unspecified atom stereocenters. The van der Waals surface area contributed by atoms with Gasteiger partial charge in [0.15, 0.2) is 5.96 Å². The van der Waals surface area contributed by atoms with E-state index in [4.69, 9.17) is 10.1 Å². The molecule has 5 nitrogen and oxygen atoms in total. The van der Waals surface area contributed by atoms with E-state index in [-0.39, 0.29) is 6.61 Å². The van der Waals surface area contributed by atoms with Gasteiger partial charge < -0.3 is 20.6 Å². The summed E-state index contributed by atoms with van der Waals surface area (Å²) < 4.78 is 0. The van der Waals surface area contributed by atoms with E-state index in [0.29, 0.717) is 5.92 Å². The molecule has 0 aromatic carbocycles. The molecule has 0 aromatic heterocycles. The van der Waals surface area contributed by atoms with Crippen LogP contribution in [0, 0.1) is 5.92 Å². The molecule has 3 N–H and O–H groups in total. The van der Waals surface area contributed by atoms with Gasteiger partial charge >= 0.3 is 0 Å². The Morgan fingerprint density at radius 3 is 2.75 bits per heavy atom. The minimum absolute atomic E-state index is 0.262. The monoisotopic (exact) mass is 340 g/mol. The van der Waals surface area contributed by atoms with Crippen molar-refractivity contribution in [3.8, 4) is 0 Å². The number of nitrogens with one attached hydrogen (secondary N) is 2. The molecule has 0 bridgehead atoms. The molecule has 142 valence electrons. The lowest BCUT2D eigenvalue weighted by Gasteiger charge is -2.33. The van der Waals surface area contributed by atoms with Crippen molar-refractivity contribution in [2.75, 3.05) is 39.3 Å². The fraction of sp³-hybridized carbons (Fsp3) is 0.947. The number of aliphatic hydroxyl groups excluding tert-OH is 1. The highest BCUT2D eigenvalue weighted by Crippen LogP contribution is 2.16. The van der Waals surface area contributed by atoms with Crippen molar-refractivity contribution in [2.45, 2.75) is 71.8 Å². The molecular weight excluding hydrogens is 300 g/mol. The predicted molar refractivity (Wildman–Crippen MR) is 104 cm³/mol. The van der Waals surface area contributed by atoms with Crippen LogP contribution >= 0.6 is 0 Å². The van der Waals surface area contributed by atoms with Gasteiger partial charge in [-0.25, -0.2) is 0 Å². The number of piperidine rings is 1. The summed E-state index contributed by atoms with van der Waals surface area (Å²) in [5.74, 6) is 1.41. The van der Waals surface area contributed by atoms with Crippen molar-refractivity contribution >= 4 is 5.96 Å². The maximum Gasteiger partial charge on any atom is 0.191 e. The number of aliphatic hydroxyl groups is 1. The van der Waals surface area contributed by atoms with Crippen LogP contribution in [0.2, 0.25) is 0 Å². The van der Waals surface area contributed by atoms with Crippen LogP contribution in [0.1, 0.15) is 65.7 Å². The van der Waals surface area contributed by atoms with Crippen LogP contribution in [-0.4, -0.2) is 61.3 Å². The fourth-order valence-electron chi connectivity index (χ4n) is 3.46. The molecule has 24 heavy (non-hydrogen) atoms. The first-order valence-electron chi connectivity index (χ1n) is 10.1. The average Bonchev–Trinajstić information content (AvgIpc) is 2.58. The molecule has 0 saturated carbocycles. The number of rotatable bonds is 11. The van der Waals surface area contributed by atoms with Gasteiger partial charge in [-0.3, -0.25) is 4.99 Å². The first-order chi connectivity index (χ1) is 11.7. The molecule has 1 heterocycles. The molecule has 0 radical (unpaired) electrons. The number of aliphatic imine (C=N–C) groups is 1.